The summed E-state index contributed by atoms with van der Waals surface area (Å²) in [4.78, 5) is 0. The Bertz CT molecular complexity index is 3100. The van der Waals surface area contributed by atoms with E-state index in [1.807, 2.05) is 18.2 Å². The zero-order valence-electron chi connectivity index (χ0n) is 29.4. The van der Waals surface area contributed by atoms with Crippen LogP contribution in [0.2, 0.25) is 0 Å². The molecule has 54 heavy (non-hydrogen) atoms. The minimum atomic E-state index is 0.356. The predicted molar refractivity (Wildman–Crippen MR) is 222 cm³/mol. The van der Waals surface area contributed by atoms with Crippen LogP contribution in [0.25, 0.3) is 82.8 Å². The molecule has 0 atom stereocenters. The average Bonchev–Trinajstić information content (AvgIpc) is 3.76. The maximum absolute atomic E-state index is 10.2. The van der Waals surface area contributed by atoms with E-state index in [4.69, 9.17) is 0 Å². The van der Waals surface area contributed by atoms with Gasteiger partial charge < -0.3 is 9.13 Å². The smallest absolute Gasteiger partial charge is 0.101 e. The fourth-order valence-electron chi connectivity index (χ4n) is 8.32. The van der Waals surface area contributed by atoms with Crippen molar-refractivity contribution in [1.29, 1.82) is 10.5 Å². The maximum Gasteiger partial charge on any atom is 0.101 e. The second-order valence-corrected chi connectivity index (χ2v) is 13.9. The molecule has 0 bridgehead atoms. The molecule has 0 saturated heterocycles. The topological polar surface area (TPSA) is 57.4 Å². The molecule has 0 spiro atoms. The van der Waals surface area contributed by atoms with Gasteiger partial charge in [-0.2, -0.15) is 10.5 Å². The number of aromatic nitrogens is 2. The second-order valence-electron chi connectivity index (χ2n) is 13.9. The highest BCUT2D eigenvalue weighted by Gasteiger charge is 2.20. The van der Waals surface area contributed by atoms with Gasteiger partial charge in [-0.15, -0.1) is 0 Å². The maximum atomic E-state index is 10.2. The first kappa shape index (κ1) is 31.3. The van der Waals surface area contributed by atoms with Gasteiger partial charge in [0.2, 0.25) is 0 Å². The number of allylic oxidation sites excluding steroid dienone is 4. The Kier molecular flexibility index (Phi) is 7.36. The van der Waals surface area contributed by atoms with E-state index in [0.29, 0.717) is 11.1 Å². The Morgan fingerprint density at radius 1 is 0.463 bits per heavy atom. The van der Waals surface area contributed by atoms with Crippen LogP contribution in [0.4, 0.5) is 0 Å². The summed E-state index contributed by atoms with van der Waals surface area (Å²) in [6.45, 7) is 0. The van der Waals surface area contributed by atoms with Crippen LogP contribution in [0.15, 0.2) is 170 Å². The number of nitriles is 2. The Hall–Kier alpha value is -7.40. The van der Waals surface area contributed by atoms with Gasteiger partial charge in [-0.3, -0.25) is 0 Å². The number of benzene rings is 7. The third kappa shape index (κ3) is 4.97. The molecule has 1 aliphatic rings. The highest BCUT2D eigenvalue weighted by Crippen LogP contribution is 2.40. The van der Waals surface area contributed by atoms with Gasteiger partial charge in [0.1, 0.15) is 12.1 Å². The molecular weight excluding hydrogens is 657 g/mol. The minimum Gasteiger partial charge on any atom is -0.309 e. The summed E-state index contributed by atoms with van der Waals surface area (Å²) in [5.41, 5.74) is 13.8. The number of hydrogen-bond acceptors (Lipinski definition) is 2. The molecule has 252 valence electrons. The van der Waals surface area contributed by atoms with E-state index in [-0.39, 0.29) is 0 Å². The molecule has 0 saturated carbocycles. The third-order valence-corrected chi connectivity index (χ3v) is 10.9. The highest BCUT2D eigenvalue weighted by molar-refractivity contribution is 6.12. The van der Waals surface area contributed by atoms with Crippen molar-refractivity contribution in [1.82, 2.24) is 9.13 Å². The summed E-state index contributed by atoms with van der Waals surface area (Å²) in [7, 11) is 0. The number of hydrogen-bond donors (Lipinski definition) is 0. The van der Waals surface area contributed by atoms with Crippen molar-refractivity contribution in [2.75, 3.05) is 0 Å². The van der Waals surface area contributed by atoms with Crippen molar-refractivity contribution in [2.45, 2.75) is 12.8 Å². The lowest BCUT2D eigenvalue weighted by molar-refractivity contribution is 1.05. The monoisotopic (exact) mass is 688 g/mol. The van der Waals surface area contributed by atoms with E-state index in [1.54, 1.807) is 0 Å². The van der Waals surface area contributed by atoms with E-state index >= 15 is 0 Å². The minimum absolute atomic E-state index is 0.356. The van der Waals surface area contributed by atoms with Gasteiger partial charge in [-0.05, 0) is 101 Å². The number of para-hydroxylation sites is 2. The molecular formula is C50H32N4. The van der Waals surface area contributed by atoms with E-state index in [9.17, 15) is 10.5 Å². The lowest BCUT2D eigenvalue weighted by Gasteiger charge is -2.17. The third-order valence-electron chi connectivity index (χ3n) is 10.9. The number of rotatable bonds is 5. The fraction of sp³-hybridized carbons (Fsp3) is 0.0400. The molecule has 0 radical (unpaired) electrons. The molecule has 0 N–H and O–H groups in total. The molecule has 9 aromatic rings. The zero-order chi connectivity index (χ0) is 36.2. The van der Waals surface area contributed by atoms with E-state index in [1.165, 1.54) is 33.0 Å². The lowest BCUT2D eigenvalue weighted by Crippen LogP contribution is -2.01. The zero-order valence-corrected chi connectivity index (χ0v) is 29.4. The Balaban J connectivity index is 1.15. The van der Waals surface area contributed by atoms with E-state index in [2.05, 4.69) is 173 Å². The van der Waals surface area contributed by atoms with Crippen molar-refractivity contribution >= 4 is 49.2 Å². The van der Waals surface area contributed by atoms with Crippen molar-refractivity contribution in [3.8, 4) is 45.8 Å². The summed E-state index contributed by atoms with van der Waals surface area (Å²) in [6, 6.07) is 57.9. The van der Waals surface area contributed by atoms with Crippen LogP contribution in [-0.4, -0.2) is 9.13 Å². The van der Waals surface area contributed by atoms with E-state index < -0.39 is 0 Å². The molecule has 0 aliphatic heterocycles. The van der Waals surface area contributed by atoms with Crippen molar-refractivity contribution in [3.63, 3.8) is 0 Å². The Morgan fingerprint density at radius 2 is 1.04 bits per heavy atom. The SMILES string of the molecule is N#Cc1cc(-c2ccc(-n3c4ccccc4c4cc(-c5ccccc5)ccc43)cc2)c(-n2c3ccccc3c3cc(C4=CC=CCC4)ccc32)cc1C#N. The molecule has 4 heteroatoms. The summed E-state index contributed by atoms with van der Waals surface area (Å²) in [5, 5.41) is 25.1. The van der Waals surface area contributed by atoms with Crippen LogP contribution >= 0.6 is 0 Å². The molecule has 7 aromatic carbocycles. The molecule has 2 aromatic heterocycles. The molecule has 0 amide bonds. The summed E-state index contributed by atoms with van der Waals surface area (Å²) in [5.74, 6) is 0. The van der Waals surface area contributed by atoms with Gasteiger partial charge >= 0.3 is 0 Å². The normalized spacial score (nSPS) is 12.7. The molecule has 0 fully saturated rings. The van der Waals surface area contributed by atoms with E-state index in [0.717, 1.165) is 68.2 Å². The molecule has 10 rings (SSSR count). The second kappa shape index (κ2) is 12.7. The largest absolute Gasteiger partial charge is 0.309 e. The average molecular weight is 689 g/mol. The van der Waals surface area contributed by atoms with Gasteiger partial charge in [0.15, 0.2) is 0 Å². The van der Waals surface area contributed by atoms with Gasteiger partial charge in [0.25, 0.3) is 0 Å². The van der Waals surface area contributed by atoms with Crippen molar-refractivity contribution in [3.05, 3.63) is 187 Å². The summed E-state index contributed by atoms with van der Waals surface area (Å²) < 4.78 is 4.58. The first-order valence-electron chi connectivity index (χ1n) is 18.3. The summed E-state index contributed by atoms with van der Waals surface area (Å²) >= 11 is 0. The Morgan fingerprint density at radius 3 is 1.72 bits per heavy atom. The van der Waals surface area contributed by atoms with Crippen LogP contribution in [-0.2, 0) is 0 Å². The predicted octanol–water partition coefficient (Wildman–Crippen LogP) is 12.7. The Labute approximate surface area is 313 Å². The number of fused-ring (bicyclic) bond motifs is 6. The van der Waals surface area contributed by atoms with Gasteiger partial charge in [0, 0.05) is 32.8 Å². The molecule has 2 heterocycles. The van der Waals surface area contributed by atoms with Crippen LogP contribution < -0.4 is 0 Å². The standard InChI is InChI=1S/C50H32N4/c51-31-38-29-43(50(30-39(38)32-52)54-47-18-10-8-16-42(47)45-28-37(22-26-49(45)54)34-13-5-2-6-14-34)35-19-23-40(24-20-35)53-46-17-9-7-15-41(46)44-27-36(21-25-48(44)53)33-11-3-1-4-12-33/h1-5,7-13,15-30H,6,14H2. The van der Waals surface area contributed by atoms with Gasteiger partial charge in [-0.25, -0.2) is 0 Å². The quantitative estimate of drug-likeness (QED) is 0.181. The first-order chi connectivity index (χ1) is 26.7. The molecule has 0 unspecified atom stereocenters. The van der Waals surface area contributed by atoms with Crippen molar-refractivity contribution in [2.24, 2.45) is 0 Å². The van der Waals surface area contributed by atoms with Crippen LogP contribution in [0, 0.1) is 22.7 Å². The van der Waals surface area contributed by atoms with Gasteiger partial charge in [0.05, 0.1) is 38.9 Å². The lowest BCUT2D eigenvalue weighted by atomic mass is 9.96. The summed E-state index contributed by atoms with van der Waals surface area (Å²) in [6.07, 6.45) is 8.64. The first-order valence-corrected chi connectivity index (χ1v) is 18.3. The van der Waals surface area contributed by atoms with Crippen molar-refractivity contribution < 1.29 is 0 Å². The fourth-order valence-corrected chi connectivity index (χ4v) is 8.32. The molecule has 4 nitrogen and oxygen atoms in total. The number of nitrogens with zero attached hydrogens (tertiary/aromatic N) is 4. The highest BCUT2D eigenvalue weighted by atomic mass is 15.0. The molecule has 1 aliphatic carbocycles. The van der Waals surface area contributed by atoms with Crippen LogP contribution in [0.5, 0.6) is 0 Å². The van der Waals surface area contributed by atoms with Crippen LogP contribution in [0.3, 0.4) is 0 Å². The van der Waals surface area contributed by atoms with Crippen LogP contribution in [0.1, 0.15) is 29.5 Å². The van der Waals surface area contributed by atoms with Gasteiger partial charge in [-0.1, -0.05) is 109 Å².